The molecule has 1 aromatic heterocycles. The molecule has 0 saturated carbocycles. The lowest BCUT2D eigenvalue weighted by molar-refractivity contribution is 0.150. The Hall–Kier alpha value is -0.920. The van der Waals surface area contributed by atoms with Crippen LogP contribution in [0.25, 0.3) is 0 Å². The van der Waals surface area contributed by atoms with Crippen molar-refractivity contribution in [2.75, 3.05) is 0 Å². The van der Waals surface area contributed by atoms with Crippen LogP contribution in [0.15, 0.2) is 6.20 Å². The molecule has 0 spiro atoms. The van der Waals surface area contributed by atoms with Crippen LogP contribution in [0.3, 0.4) is 0 Å². The normalized spacial score (nSPS) is 10.3. The Balaban J connectivity index is 3.46. The van der Waals surface area contributed by atoms with Crippen LogP contribution in [-0.2, 0) is 5.88 Å². The van der Waals surface area contributed by atoms with Crippen molar-refractivity contribution in [2.45, 2.75) is 12.3 Å². The molecule has 6 heteroatoms. The molecule has 0 radical (unpaired) electrons. The van der Waals surface area contributed by atoms with Crippen LogP contribution < -0.4 is 0 Å². The quantitative estimate of drug-likeness (QED) is 0.584. The third kappa shape index (κ3) is 1.94. The number of hydrogen-bond donors (Lipinski definition) is 0. The van der Waals surface area contributed by atoms with Crippen molar-refractivity contribution in [1.82, 2.24) is 4.98 Å². The van der Waals surface area contributed by atoms with E-state index in [0.717, 1.165) is 6.20 Å². The van der Waals surface area contributed by atoms with E-state index in [1.807, 2.05) is 0 Å². The lowest BCUT2D eigenvalue weighted by Gasteiger charge is -2.08. The first-order chi connectivity index (χ1) is 6.61. The molecule has 0 aliphatic rings. The molecule has 0 aromatic carbocycles. The molecule has 0 bridgehead atoms. The van der Waals surface area contributed by atoms with Crippen LogP contribution in [0.2, 0.25) is 5.15 Å². The summed E-state index contributed by atoms with van der Waals surface area (Å²) in [7, 11) is 0. The highest BCUT2D eigenvalue weighted by Gasteiger charge is 2.20. The molecular weight excluding hydrogens is 233 g/mol. The molecular formula is C8H4Cl2F2N2. The minimum Gasteiger partial charge on any atom is -0.243 e. The minimum absolute atomic E-state index is 0.0161. The summed E-state index contributed by atoms with van der Waals surface area (Å²) in [6.45, 7) is 0. The fourth-order valence-electron chi connectivity index (χ4n) is 1.01. The number of alkyl halides is 3. The van der Waals surface area contributed by atoms with Gasteiger partial charge in [0, 0.05) is 17.3 Å². The van der Waals surface area contributed by atoms with Gasteiger partial charge in [0.1, 0.15) is 11.2 Å². The van der Waals surface area contributed by atoms with E-state index in [-0.39, 0.29) is 22.2 Å². The van der Waals surface area contributed by atoms with Crippen LogP contribution in [0, 0.1) is 11.3 Å². The largest absolute Gasteiger partial charge is 0.265 e. The Morgan fingerprint density at radius 3 is 2.64 bits per heavy atom. The molecule has 1 aromatic rings. The molecule has 0 amide bonds. The smallest absolute Gasteiger partial charge is 0.243 e. The first-order valence-electron chi connectivity index (χ1n) is 3.53. The van der Waals surface area contributed by atoms with Crippen LogP contribution >= 0.6 is 23.2 Å². The number of pyridine rings is 1. The van der Waals surface area contributed by atoms with Gasteiger partial charge < -0.3 is 0 Å². The molecule has 14 heavy (non-hydrogen) atoms. The molecule has 2 nitrogen and oxygen atoms in total. The molecule has 74 valence electrons. The maximum absolute atomic E-state index is 12.5. The number of halogens is 4. The Kier molecular flexibility index (Phi) is 3.62. The molecule has 0 atom stereocenters. The van der Waals surface area contributed by atoms with Crippen molar-refractivity contribution < 1.29 is 8.78 Å². The van der Waals surface area contributed by atoms with E-state index >= 15 is 0 Å². The zero-order chi connectivity index (χ0) is 10.7. The van der Waals surface area contributed by atoms with Crippen molar-refractivity contribution in [2.24, 2.45) is 0 Å². The Bertz CT molecular complexity index is 388. The molecule has 0 saturated heterocycles. The molecule has 1 rings (SSSR count). The highest BCUT2D eigenvalue weighted by Crippen LogP contribution is 2.30. The van der Waals surface area contributed by atoms with Crippen LogP contribution in [0.4, 0.5) is 8.78 Å². The number of nitrogens with zero attached hydrogens (tertiary/aromatic N) is 2. The van der Waals surface area contributed by atoms with Gasteiger partial charge in [-0.15, -0.1) is 11.6 Å². The van der Waals surface area contributed by atoms with Gasteiger partial charge >= 0.3 is 0 Å². The first-order valence-corrected chi connectivity index (χ1v) is 4.44. The average molecular weight is 237 g/mol. The maximum Gasteiger partial charge on any atom is 0.265 e. The summed E-state index contributed by atoms with van der Waals surface area (Å²) < 4.78 is 25.1. The molecule has 0 fully saturated rings. The summed E-state index contributed by atoms with van der Waals surface area (Å²) in [5, 5.41) is 8.48. The topological polar surface area (TPSA) is 36.7 Å². The fraction of sp³-hybridized carbons (Fsp3) is 0.250. The van der Waals surface area contributed by atoms with E-state index in [2.05, 4.69) is 4.98 Å². The third-order valence-corrected chi connectivity index (χ3v) is 2.24. The number of nitriles is 1. The average Bonchev–Trinajstić information content (AvgIpc) is 2.17. The Morgan fingerprint density at radius 2 is 2.21 bits per heavy atom. The number of hydrogen-bond acceptors (Lipinski definition) is 2. The fourth-order valence-corrected chi connectivity index (χ4v) is 1.56. The lowest BCUT2D eigenvalue weighted by atomic mass is 10.1. The second-order valence-corrected chi connectivity index (χ2v) is 3.03. The van der Waals surface area contributed by atoms with E-state index in [4.69, 9.17) is 28.5 Å². The van der Waals surface area contributed by atoms with Crippen LogP contribution in [-0.4, -0.2) is 4.98 Å². The summed E-state index contributed by atoms with van der Waals surface area (Å²) in [6, 6.07) is 1.62. The zero-order valence-corrected chi connectivity index (χ0v) is 8.28. The highest BCUT2D eigenvalue weighted by atomic mass is 35.5. The third-order valence-electron chi connectivity index (χ3n) is 1.64. The van der Waals surface area contributed by atoms with Crippen molar-refractivity contribution in [3.05, 3.63) is 28.0 Å². The summed E-state index contributed by atoms with van der Waals surface area (Å²) in [4.78, 5) is 3.59. The van der Waals surface area contributed by atoms with E-state index < -0.39 is 12.0 Å². The summed E-state index contributed by atoms with van der Waals surface area (Å²) >= 11 is 11.0. The minimum atomic E-state index is -2.78. The molecule has 0 aliphatic heterocycles. The first kappa shape index (κ1) is 11.2. The SMILES string of the molecule is N#Cc1cnc(Cl)c(CCl)c1C(F)F. The Labute approximate surface area is 89.1 Å². The van der Waals surface area contributed by atoms with Crippen molar-refractivity contribution >= 4 is 23.2 Å². The summed E-state index contributed by atoms with van der Waals surface area (Å²) in [5.74, 6) is -0.193. The molecule has 0 aliphatic carbocycles. The van der Waals surface area contributed by atoms with Gasteiger partial charge in [0.25, 0.3) is 6.43 Å². The standard InChI is InChI=1S/C8H4Cl2F2N2/c9-1-5-6(8(11)12)4(2-13)3-14-7(5)10/h3,8H,1H2. The predicted molar refractivity (Wildman–Crippen MR) is 48.5 cm³/mol. The highest BCUT2D eigenvalue weighted by molar-refractivity contribution is 6.31. The number of aromatic nitrogens is 1. The van der Waals surface area contributed by atoms with Crippen molar-refractivity contribution in [3.8, 4) is 6.07 Å². The predicted octanol–water partition coefficient (Wildman–Crippen LogP) is 3.28. The second kappa shape index (κ2) is 4.54. The van der Waals surface area contributed by atoms with Gasteiger partial charge in [0.05, 0.1) is 11.4 Å². The van der Waals surface area contributed by atoms with Crippen molar-refractivity contribution in [1.29, 1.82) is 5.26 Å². The Morgan fingerprint density at radius 1 is 1.57 bits per heavy atom. The van der Waals surface area contributed by atoms with Crippen LogP contribution in [0.1, 0.15) is 23.1 Å². The van der Waals surface area contributed by atoms with Gasteiger partial charge in [-0.1, -0.05) is 11.6 Å². The van der Waals surface area contributed by atoms with E-state index in [9.17, 15) is 8.78 Å². The van der Waals surface area contributed by atoms with Gasteiger partial charge in [0.2, 0.25) is 0 Å². The lowest BCUT2D eigenvalue weighted by Crippen LogP contribution is -2.00. The molecule has 0 N–H and O–H groups in total. The monoisotopic (exact) mass is 236 g/mol. The zero-order valence-electron chi connectivity index (χ0n) is 6.77. The van der Waals surface area contributed by atoms with Crippen LogP contribution in [0.5, 0.6) is 0 Å². The summed E-state index contributed by atoms with van der Waals surface area (Å²) in [6.07, 6.45) is -1.77. The van der Waals surface area contributed by atoms with E-state index in [1.54, 1.807) is 6.07 Å². The molecule has 0 unspecified atom stereocenters. The van der Waals surface area contributed by atoms with Gasteiger partial charge in [-0.3, -0.25) is 0 Å². The van der Waals surface area contributed by atoms with E-state index in [1.165, 1.54) is 0 Å². The maximum atomic E-state index is 12.5. The van der Waals surface area contributed by atoms with Crippen molar-refractivity contribution in [3.63, 3.8) is 0 Å². The second-order valence-electron chi connectivity index (χ2n) is 2.40. The van der Waals surface area contributed by atoms with Gasteiger partial charge in [-0.2, -0.15) is 5.26 Å². The molecule has 1 heterocycles. The number of rotatable bonds is 2. The van der Waals surface area contributed by atoms with Gasteiger partial charge in [-0.25, -0.2) is 13.8 Å². The van der Waals surface area contributed by atoms with Gasteiger partial charge in [-0.05, 0) is 0 Å². The summed E-state index contributed by atoms with van der Waals surface area (Å²) in [5.41, 5.74) is -0.607. The van der Waals surface area contributed by atoms with Gasteiger partial charge in [0.15, 0.2) is 0 Å². The van der Waals surface area contributed by atoms with E-state index in [0.29, 0.717) is 0 Å².